The van der Waals surface area contributed by atoms with Gasteiger partial charge in [-0.25, -0.2) is 13.2 Å². The van der Waals surface area contributed by atoms with E-state index in [4.69, 9.17) is 4.74 Å². The van der Waals surface area contributed by atoms with Crippen LogP contribution in [-0.4, -0.2) is 55.5 Å². The second-order valence-corrected chi connectivity index (χ2v) is 10.7. The predicted molar refractivity (Wildman–Crippen MR) is 120 cm³/mol. The van der Waals surface area contributed by atoms with Gasteiger partial charge in [0.2, 0.25) is 10.0 Å². The molecule has 0 aromatic heterocycles. The van der Waals surface area contributed by atoms with Gasteiger partial charge in [0, 0.05) is 18.8 Å². The molecule has 0 aliphatic carbocycles. The molecule has 2 N–H and O–H groups in total. The lowest BCUT2D eigenvalue weighted by Crippen LogP contribution is -2.39. The number of carbonyl (C=O) groups is 3. The molecule has 9 nitrogen and oxygen atoms in total. The Labute approximate surface area is 186 Å². The fraction of sp³-hybridized carbons (Fsp3) is 0.450. The molecule has 3 amide bonds. The summed E-state index contributed by atoms with van der Waals surface area (Å²) in [5.41, 5.74) is 0.822. The lowest BCUT2D eigenvalue weighted by atomic mass is 10.1. The number of rotatable bonds is 8. The van der Waals surface area contributed by atoms with E-state index >= 15 is 0 Å². The lowest BCUT2D eigenvalue weighted by molar-refractivity contribution is -0.122. The van der Waals surface area contributed by atoms with E-state index in [1.807, 2.05) is 0 Å². The highest BCUT2D eigenvalue weighted by molar-refractivity contribution is 8.18. The fourth-order valence-electron chi connectivity index (χ4n) is 2.64. The molecule has 1 fully saturated rings. The molecule has 0 saturated carbocycles. The first-order valence-corrected chi connectivity index (χ1v) is 12.3. The number of nitrogens with zero attached hydrogens (tertiary/aromatic N) is 1. The number of hydrogen-bond donors (Lipinski definition) is 2. The zero-order chi connectivity index (χ0) is 23.2. The fourth-order valence-corrected chi connectivity index (χ4v) is 4.07. The number of carbonyl (C=O) groups excluding carboxylic acids is 3. The first kappa shape index (κ1) is 24.7. The molecular formula is C20H27N3O6S2. The number of imide groups is 1. The van der Waals surface area contributed by atoms with Crippen LogP contribution in [0.1, 0.15) is 32.8 Å². The maximum absolute atomic E-state index is 12.4. The summed E-state index contributed by atoms with van der Waals surface area (Å²) in [6.45, 7) is 5.40. The third kappa shape index (κ3) is 8.62. The number of thioether (sulfide) groups is 1. The highest BCUT2D eigenvalue weighted by Gasteiger charge is 2.34. The monoisotopic (exact) mass is 469 g/mol. The van der Waals surface area contributed by atoms with Crippen LogP contribution in [-0.2, 0) is 26.0 Å². The molecule has 1 heterocycles. The predicted octanol–water partition coefficient (Wildman–Crippen LogP) is 3.09. The highest BCUT2D eigenvalue weighted by atomic mass is 32.2. The number of allylic oxidation sites excluding steroid dienone is 1. The smallest absolute Gasteiger partial charge is 0.407 e. The van der Waals surface area contributed by atoms with Gasteiger partial charge in [0.15, 0.2) is 0 Å². The van der Waals surface area contributed by atoms with Crippen LogP contribution >= 0.6 is 11.8 Å². The maximum Gasteiger partial charge on any atom is 0.407 e. The Morgan fingerprint density at radius 3 is 2.42 bits per heavy atom. The number of alkyl carbamates (subject to hydrolysis) is 1. The Morgan fingerprint density at radius 2 is 1.84 bits per heavy atom. The Hall–Kier alpha value is -2.53. The number of nitrogens with one attached hydrogen (secondary N) is 2. The van der Waals surface area contributed by atoms with Crippen LogP contribution in [0.4, 0.5) is 15.3 Å². The van der Waals surface area contributed by atoms with E-state index in [0.29, 0.717) is 23.4 Å². The van der Waals surface area contributed by atoms with Gasteiger partial charge in [0.05, 0.1) is 11.2 Å². The average molecular weight is 470 g/mol. The Bertz CT molecular complexity index is 966. The van der Waals surface area contributed by atoms with E-state index < -0.39 is 21.7 Å². The molecule has 2 rings (SSSR count). The summed E-state index contributed by atoms with van der Waals surface area (Å²) in [7, 11) is -3.32. The van der Waals surface area contributed by atoms with Crippen molar-refractivity contribution in [2.75, 3.05) is 24.1 Å². The second kappa shape index (κ2) is 10.2. The van der Waals surface area contributed by atoms with Crippen molar-refractivity contribution in [2.45, 2.75) is 39.2 Å². The SMILES string of the molecule is CC(C)(C)OC(=O)NCCN1C(=O)S/C(=C\CCc2ccc(NS(C)(=O)=O)cc2)C1=O. The average Bonchev–Trinajstić information content (AvgIpc) is 2.88. The van der Waals surface area contributed by atoms with Gasteiger partial charge >= 0.3 is 6.09 Å². The molecule has 1 aliphatic rings. The van der Waals surface area contributed by atoms with Crippen LogP contribution < -0.4 is 10.0 Å². The maximum atomic E-state index is 12.4. The van der Waals surface area contributed by atoms with Crippen molar-refractivity contribution in [3.8, 4) is 0 Å². The third-order valence-corrected chi connectivity index (χ3v) is 5.46. The van der Waals surface area contributed by atoms with E-state index in [-0.39, 0.29) is 24.2 Å². The van der Waals surface area contributed by atoms with Crippen LogP contribution in [0.25, 0.3) is 0 Å². The minimum absolute atomic E-state index is 0.0655. The number of sulfonamides is 1. The Balaban J connectivity index is 1.83. The molecule has 0 spiro atoms. The van der Waals surface area contributed by atoms with Crippen LogP contribution in [0.15, 0.2) is 35.2 Å². The standard InChI is InChI=1S/C20H27N3O6S2/c1-20(2,3)29-18(25)21-12-13-23-17(24)16(30-19(23)26)7-5-6-14-8-10-15(11-9-14)22-31(4,27)28/h7-11,22H,5-6,12-13H2,1-4H3,(H,21,25)/b16-7-. The van der Waals surface area contributed by atoms with Crippen LogP contribution in [0.5, 0.6) is 0 Å². The summed E-state index contributed by atoms with van der Waals surface area (Å²) in [5, 5.41) is 2.15. The van der Waals surface area contributed by atoms with Crippen molar-refractivity contribution in [3.63, 3.8) is 0 Å². The number of ether oxygens (including phenoxy) is 1. The quantitative estimate of drug-likeness (QED) is 0.561. The van der Waals surface area contributed by atoms with Gasteiger partial charge in [-0.15, -0.1) is 0 Å². The van der Waals surface area contributed by atoms with Crippen molar-refractivity contribution in [2.24, 2.45) is 0 Å². The Morgan fingerprint density at radius 1 is 1.19 bits per heavy atom. The summed E-state index contributed by atoms with van der Waals surface area (Å²) in [5.74, 6) is -0.381. The van der Waals surface area contributed by atoms with Crippen LogP contribution in [0.3, 0.4) is 0 Å². The molecule has 31 heavy (non-hydrogen) atoms. The van der Waals surface area contributed by atoms with Gasteiger partial charge < -0.3 is 10.1 Å². The molecule has 0 unspecified atom stereocenters. The molecule has 1 saturated heterocycles. The molecule has 170 valence electrons. The number of hydrogen-bond acceptors (Lipinski definition) is 7. The largest absolute Gasteiger partial charge is 0.444 e. The molecule has 1 aromatic carbocycles. The van der Waals surface area contributed by atoms with Crippen molar-refractivity contribution < 1.29 is 27.5 Å². The van der Waals surface area contributed by atoms with Gasteiger partial charge in [-0.2, -0.15) is 0 Å². The molecule has 0 atom stereocenters. The van der Waals surface area contributed by atoms with Crippen molar-refractivity contribution >= 4 is 44.7 Å². The first-order chi connectivity index (χ1) is 14.3. The van der Waals surface area contributed by atoms with Gasteiger partial charge in [-0.3, -0.25) is 19.2 Å². The minimum atomic E-state index is -3.32. The molecule has 0 bridgehead atoms. The number of aryl methyl sites for hydroxylation is 1. The number of amides is 3. The molecule has 0 radical (unpaired) electrons. The summed E-state index contributed by atoms with van der Waals surface area (Å²) in [4.78, 5) is 37.7. The zero-order valence-electron chi connectivity index (χ0n) is 17.9. The molecule has 11 heteroatoms. The second-order valence-electron chi connectivity index (χ2n) is 7.93. The van der Waals surface area contributed by atoms with Crippen LogP contribution in [0.2, 0.25) is 0 Å². The van der Waals surface area contributed by atoms with Crippen molar-refractivity contribution in [3.05, 3.63) is 40.8 Å². The van der Waals surface area contributed by atoms with Crippen molar-refractivity contribution in [1.82, 2.24) is 10.2 Å². The number of anilines is 1. The highest BCUT2D eigenvalue weighted by Crippen LogP contribution is 2.30. The van der Waals surface area contributed by atoms with E-state index in [1.54, 1.807) is 51.1 Å². The summed E-state index contributed by atoms with van der Waals surface area (Å²) < 4.78 is 30.0. The van der Waals surface area contributed by atoms with E-state index in [0.717, 1.165) is 28.5 Å². The molecular weight excluding hydrogens is 442 g/mol. The van der Waals surface area contributed by atoms with Crippen LogP contribution in [0, 0.1) is 0 Å². The summed E-state index contributed by atoms with van der Waals surface area (Å²) in [6, 6.07) is 6.94. The zero-order valence-corrected chi connectivity index (χ0v) is 19.6. The van der Waals surface area contributed by atoms with Crippen molar-refractivity contribution in [1.29, 1.82) is 0 Å². The third-order valence-electron chi connectivity index (χ3n) is 3.90. The number of benzene rings is 1. The van der Waals surface area contributed by atoms with Gasteiger partial charge in [-0.05, 0) is 63.1 Å². The summed E-state index contributed by atoms with van der Waals surface area (Å²) in [6.07, 6.45) is 3.37. The van der Waals surface area contributed by atoms with E-state index in [9.17, 15) is 22.8 Å². The Kier molecular flexibility index (Phi) is 8.13. The minimum Gasteiger partial charge on any atom is -0.444 e. The van der Waals surface area contributed by atoms with Gasteiger partial charge in [0.1, 0.15) is 5.60 Å². The van der Waals surface area contributed by atoms with Gasteiger partial charge in [-0.1, -0.05) is 18.2 Å². The van der Waals surface area contributed by atoms with E-state index in [2.05, 4.69) is 10.0 Å². The molecule has 1 aromatic rings. The normalized spacial score (nSPS) is 16.0. The molecule has 1 aliphatic heterocycles. The first-order valence-electron chi connectivity index (χ1n) is 9.61. The topological polar surface area (TPSA) is 122 Å². The van der Waals surface area contributed by atoms with Gasteiger partial charge in [0.25, 0.3) is 11.1 Å². The lowest BCUT2D eigenvalue weighted by Gasteiger charge is -2.20. The van der Waals surface area contributed by atoms with E-state index in [1.165, 1.54) is 0 Å². The summed E-state index contributed by atoms with van der Waals surface area (Å²) >= 11 is 0.872.